The summed E-state index contributed by atoms with van der Waals surface area (Å²) >= 11 is 5.78. The molecule has 0 aromatic carbocycles. The van der Waals surface area contributed by atoms with Crippen molar-refractivity contribution in [2.75, 3.05) is 18.0 Å². The van der Waals surface area contributed by atoms with E-state index in [2.05, 4.69) is 9.97 Å². The van der Waals surface area contributed by atoms with Crippen molar-refractivity contribution in [2.24, 2.45) is 5.92 Å². The number of piperidine rings is 1. The van der Waals surface area contributed by atoms with E-state index < -0.39 is 11.0 Å². The van der Waals surface area contributed by atoms with Crippen LogP contribution in [-0.4, -0.2) is 39.2 Å². The summed E-state index contributed by atoms with van der Waals surface area (Å²) in [6.07, 6.45) is 0.223. The smallest absolute Gasteiger partial charge is 0.332 e. The van der Waals surface area contributed by atoms with E-state index in [0.29, 0.717) is 13.1 Å². The Morgan fingerprint density at radius 3 is 2.79 bits per heavy atom. The molecule has 0 radical (unpaired) electrons. The maximum atomic E-state index is 11.1. The first-order valence-electron chi connectivity index (χ1n) is 6.01. The van der Waals surface area contributed by atoms with E-state index in [4.69, 9.17) is 11.6 Å². The van der Waals surface area contributed by atoms with Crippen LogP contribution in [0.4, 0.5) is 11.5 Å². The summed E-state index contributed by atoms with van der Waals surface area (Å²) in [5.74, 6) is 0.363. The zero-order valence-electron chi connectivity index (χ0n) is 10.7. The Morgan fingerprint density at radius 1 is 1.53 bits per heavy atom. The van der Waals surface area contributed by atoms with Crippen molar-refractivity contribution in [3.8, 4) is 0 Å². The van der Waals surface area contributed by atoms with Crippen LogP contribution in [0.25, 0.3) is 0 Å². The first-order valence-corrected chi connectivity index (χ1v) is 6.39. The summed E-state index contributed by atoms with van der Waals surface area (Å²) in [5.41, 5.74) is 0.0827. The Labute approximate surface area is 115 Å². The van der Waals surface area contributed by atoms with Crippen molar-refractivity contribution in [3.63, 3.8) is 0 Å². The van der Waals surface area contributed by atoms with Crippen molar-refractivity contribution in [2.45, 2.75) is 26.4 Å². The third-order valence-corrected chi connectivity index (χ3v) is 3.58. The minimum absolute atomic E-state index is 0.0220. The largest absolute Gasteiger partial charge is 0.391 e. The van der Waals surface area contributed by atoms with E-state index in [0.717, 1.165) is 6.42 Å². The van der Waals surface area contributed by atoms with Gasteiger partial charge in [-0.05, 0) is 30.9 Å². The van der Waals surface area contributed by atoms with Crippen LogP contribution in [0.15, 0.2) is 0 Å². The summed E-state index contributed by atoms with van der Waals surface area (Å²) in [7, 11) is 0. The molecule has 2 heterocycles. The number of aliphatic hydroxyl groups excluding tert-OH is 1. The Morgan fingerprint density at radius 2 is 2.21 bits per heavy atom. The number of aryl methyl sites for hydroxylation is 1. The lowest BCUT2D eigenvalue weighted by atomic mass is 9.96. The van der Waals surface area contributed by atoms with Crippen LogP contribution in [0.3, 0.4) is 0 Å². The topological polar surface area (TPSA) is 92.4 Å². The first-order chi connectivity index (χ1) is 8.90. The lowest BCUT2D eigenvalue weighted by molar-refractivity contribution is -0.385. The average molecular weight is 287 g/mol. The first kappa shape index (κ1) is 14.0. The van der Waals surface area contributed by atoms with Gasteiger partial charge < -0.3 is 10.0 Å². The molecule has 2 atom stereocenters. The van der Waals surface area contributed by atoms with Gasteiger partial charge in [0.15, 0.2) is 0 Å². The van der Waals surface area contributed by atoms with E-state index in [1.165, 1.54) is 6.92 Å². The fourth-order valence-corrected chi connectivity index (χ4v) is 2.40. The molecule has 8 heteroatoms. The van der Waals surface area contributed by atoms with Gasteiger partial charge in [0.05, 0.1) is 11.0 Å². The monoisotopic (exact) mass is 286 g/mol. The second kappa shape index (κ2) is 5.26. The van der Waals surface area contributed by atoms with Gasteiger partial charge in [0, 0.05) is 13.1 Å². The number of halogens is 1. The number of rotatable bonds is 2. The van der Waals surface area contributed by atoms with Crippen molar-refractivity contribution in [1.82, 2.24) is 9.97 Å². The third kappa shape index (κ3) is 2.76. The van der Waals surface area contributed by atoms with Crippen molar-refractivity contribution in [1.29, 1.82) is 0 Å². The van der Waals surface area contributed by atoms with E-state index in [-0.39, 0.29) is 28.4 Å². The van der Waals surface area contributed by atoms with Crippen LogP contribution >= 0.6 is 11.6 Å². The molecule has 7 nitrogen and oxygen atoms in total. The van der Waals surface area contributed by atoms with Crippen molar-refractivity contribution >= 4 is 23.1 Å². The molecule has 0 aliphatic carbocycles. The van der Waals surface area contributed by atoms with Crippen LogP contribution in [0.1, 0.15) is 19.0 Å². The average Bonchev–Trinajstić information content (AvgIpc) is 2.31. The molecule has 2 unspecified atom stereocenters. The highest BCUT2D eigenvalue weighted by atomic mass is 35.5. The second-order valence-corrected chi connectivity index (χ2v) is 5.12. The van der Waals surface area contributed by atoms with Crippen molar-refractivity contribution in [3.05, 3.63) is 21.1 Å². The van der Waals surface area contributed by atoms with E-state index in [9.17, 15) is 15.2 Å². The molecule has 1 aromatic rings. The molecule has 1 N–H and O–H groups in total. The maximum Gasteiger partial charge on any atom is 0.332 e. The minimum Gasteiger partial charge on any atom is -0.391 e. The lowest BCUT2D eigenvalue weighted by Crippen LogP contribution is -2.43. The maximum absolute atomic E-state index is 11.1. The molecule has 1 aliphatic rings. The van der Waals surface area contributed by atoms with Gasteiger partial charge in [0.1, 0.15) is 5.69 Å². The van der Waals surface area contributed by atoms with Crippen LogP contribution in [0, 0.1) is 23.0 Å². The molecule has 1 aliphatic heterocycles. The molecule has 1 aromatic heterocycles. The molecular formula is C11H15ClN4O3. The molecule has 104 valence electrons. The number of β-amino-alcohol motifs (C(OH)–C–C–N with tert-alkyl or cyclic N) is 1. The summed E-state index contributed by atoms with van der Waals surface area (Å²) in [6.45, 7) is 4.40. The number of hydrogen-bond acceptors (Lipinski definition) is 6. The lowest BCUT2D eigenvalue weighted by Gasteiger charge is -2.34. The highest BCUT2D eigenvalue weighted by molar-refractivity contribution is 6.28. The highest BCUT2D eigenvalue weighted by Gasteiger charge is 2.31. The number of aliphatic hydroxyl groups is 1. The third-order valence-electron chi connectivity index (χ3n) is 3.41. The molecule has 1 saturated heterocycles. The molecule has 19 heavy (non-hydrogen) atoms. The number of nitrogens with zero attached hydrogens (tertiary/aromatic N) is 4. The summed E-state index contributed by atoms with van der Waals surface area (Å²) in [4.78, 5) is 20.1. The molecule has 0 spiro atoms. The normalized spacial score (nSPS) is 23.5. The van der Waals surface area contributed by atoms with Gasteiger partial charge in [-0.15, -0.1) is 0 Å². The van der Waals surface area contributed by atoms with Gasteiger partial charge in [-0.2, -0.15) is 4.98 Å². The van der Waals surface area contributed by atoms with Crippen LogP contribution < -0.4 is 4.90 Å². The molecule has 0 saturated carbocycles. The van der Waals surface area contributed by atoms with Gasteiger partial charge in [-0.25, -0.2) is 4.98 Å². The van der Waals surface area contributed by atoms with E-state index in [1.54, 1.807) is 4.90 Å². The van der Waals surface area contributed by atoms with Gasteiger partial charge in [0.25, 0.3) is 0 Å². The Kier molecular flexibility index (Phi) is 3.86. The van der Waals surface area contributed by atoms with Crippen molar-refractivity contribution < 1.29 is 10.0 Å². The van der Waals surface area contributed by atoms with E-state index in [1.807, 2.05) is 6.92 Å². The number of hydrogen-bond donors (Lipinski definition) is 1. The predicted octanol–water partition coefficient (Wildman–Crippen LogP) is 1.55. The standard InChI is InChI=1S/C11H15ClN4O3/c1-6-3-4-15(5-8(6)17)10-9(16(18)19)7(2)13-11(12)14-10/h6,8,17H,3-5H2,1-2H3. The zero-order valence-corrected chi connectivity index (χ0v) is 11.5. The zero-order chi connectivity index (χ0) is 14.2. The van der Waals surface area contributed by atoms with Gasteiger partial charge >= 0.3 is 5.69 Å². The molecular weight excluding hydrogens is 272 g/mol. The SMILES string of the molecule is Cc1nc(Cl)nc(N2CCC(C)C(O)C2)c1[N+](=O)[O-]. The van der Waals surface area contributed by atoms with E-state index >= 15 is 0 Å². The fourth-order valence-electron chi connectivity index (χ4n) is 2.19. The number of aromatic nitrogens is 2. The Hall–Kier alpha value is -1.47. The highest BCUT2D eigenvalue weighted by Crippen LogP contribution is 2.32. The van der Waals surface area contributed by atoms with Gasteiger partial charge in [-0.1, -0.05) is 6.92 Å². The number of anilines is 1. The van der Waals surface area contributed by atoms with Crippen LogP contribution in [-0.2, 0) is 0 Å². The molecule has 0 bridgehead atoms. The summed E-state index contributed by atoms with van der Waals surface area (Å²) in [5, 5.41) is 21.0. The number of nitro groups is 1. The minimum atomic E-state index is -0.526. The molecule has 0 amide bonds. The van der Waals surface area contributed by atoms with Crippen LogP contribution in [0.2, 0.25) is 5.28 Å². The second-order valence-electron chi connectivity index (χ2n) is 4.79. The summed E-state index contributed by atoms with van der Waals surface area (Å²) < 4.78 is 0. The fraction of sp³-hybridized carbons (Fsp3) is 0.636. The van der Waals surface area contributed by atoms with Gasteiger partial charge in [-0.3, -0.25) is 10.1 Å². The van der Waals surface area contributed by atoms with Gasteiger partial charge in [0.2, 0.25) is 11.1 Å². The predicted molar refractivity (Wildman–Crippen MR) is 70.4 cm³/mol. The Balaban J connectivity index is 2.41. The quantitative estimate of drug-likeness (QED) is 0.504. The summed E-state index contributed by atoms with van der Waals surface area (Å²) in [6, 6.07) is 0. The molecule has 2 rings (SSSR count). The van der Waals surface area contributed by atoms with Crippen LogP contribution in [0.5, 0.6) is 0 Å². The molecule has 1 fully saturated rings. The Bertz CT molecular complexity index is 511.